The van der Waals surface area contributed by atoms with Gasteiger partial charge >= 0.3 is 5.97 Å². The molecular weight excluding hydrogens is 462 g/mol. The third-order valence-corrected chi connectivity index (χ3v) is 6.30. The van der Waals surface area contributed by atoms with E-state index in [-0.39, 0.29) is 42.3 Å². The van der Waals surface area contributed by atoms with Crippen LogP contribution in [0, 0.1) is 5.41 Å². The molecule has 0 fully saturated rings. The Kier molecular flexibility index (Phi) is 7.99. The van der Waals surface area contributed by atoms with Gasteiger partial charge in [-0.25, -0.2) is 18.2 Å². The second kappa shape index (κ2) is 10.9. The quantitative estimate of drug-likeness (QED) is 0.179. The lowest BCUT2D eigenvalue weighted by molar-refractivity contribution is -0.137. The highest BCUT2D eigenvalue weighted by atomic mass is 32.2. The van der Waals surface area contributed by atoms with Crippen LogP contribution >= 0.6 is 0 Å². The van der Waals surface area contributed by atoms with Crippen LogP contribution in [0.1, 0.15) is 24.0 Å². The van der Waals surface area contributed by atoms with Crippen molar-refractivity contribution in [3.63, 3.8) is 0 Å². The Bertz CT molecular complexity index is 1210. The third kappa shape index (κ3) is 6.63. The molecule has 2 aromatic rings. The van der Waals surface area contributed by atoms with Gasteiger partial charge in [-0.1, -0.05) is 30.3 Å². The van der Waals surface area contributed by atoms with Gasteiger partial charge in [0.25, 0.3) is 0 Å². The maximum absolute atomic E-state index is 12.6. The molecule has 0 aromatic heterocycles. The first-order valence-corrected chi connectivity index (χ1v) is 11.8. The van der Waals surface area contributed by atoms with Crippen LogP contribution in [0.5, 0.6) is 0 Å². The number of amides is 1. The molecule has 180 valence electrons. The van der Waals surface area contributed by atoms with Crippen molar-refractivity contribution in [3.8, 4) is 0 Å². The highest BCUT2D eigenvalue weighted by Crippen LogP contribution is 2.25. The number of hydrogen-bond acceptors (Lipinski definition) is 7. The largest absolute Gasteiger partial charge is 0.481 e. The number of nitrogen functional groups attached to an aromatic ring is 1. The molecule has 0 spiro atoms. The molecule has 1 amide bonds. The molecule has 2 aromatic carbocycles. The number of hydroxylamine groups is 2. The normalized spacial score (nSPS) is 13.4. The molecule has 34 heavy (non-hydrogen) atoms. The number of carboxylic acid groups (broad SMARTS) is 1. The van der Waals surface area contributed by atoms with Crippen LogP contribution in [0.2, 0.25) is 0 Å². The molecule has 12 heteroatoms. The first-order valence-electron chi connectivity index (χ1n) is 10.3. The van der Waals surface area contributed by atoms with Crippen LogP contribution in [0.4, 0.5) is 5.69 Å². The van der Waals surface area contributed by atoms with Crippen molar-refractivity contribution in [1.82, 2.24) is 9.79 Å². The zero-order chi connectivity index (χ0) is 24.7. The number of carboxylic acids is 1. The summed E-state index contributed by atoms with van der Waals surface area (Å²) in [4.78, 5) is 28.6. The van der Waals surface area contributed by atoms with E-state index in [1.165, 1.54) is 23.3 Å². The second-order valence-electron chi connectivity index (χ2n) is 7.38. The summed E-state index contributed by atoms with van der Waals surface area (Å²) in [5.41, 5.74) is 7.82. The fraction of sp³-hybridized carbons (Fsp3) is 0.227. The van der Waals surface area contributed by atoms with Crippen LogP contribution in [-0.2, 0) is 24.4 Å². The number of nitrogens with zero attached hydrogens (tertiary/aromatic N) is 1. The van der Waals surface area contributed by atoms with E-state index in [1.807, 2.05) is 6.08 Å². The molecule has 0 aliphatic carbocycles. The second-order valence-corrected chi connectivity index (χ2v) is 9.15. The summed E-state index contributed by atoms with van der Waals surface area (Å²) in [7, 11) is -3.86. The maximum atomic E-state index is 12.6. The van der Waals surface area contributed by atoms with E-state index >= 15 is 0 Å². The Hall–Kier alpha value is -3.74. The Balaban J connectivity index is 1.61. The van der Waals surface area contributed by atoms with Crippen molar-refractivity contribution in [1.29, 1.82) is 5.41 Å². The summed E-state index contributed by atoms with van der Waals surface area (Å²) < 4.78 is 27.2. The summed E-state index contributed by atoms with van der Waals surface area (Å²) >= 11 is 0. The molecule has 11 nitrogen and oxygen atoms in total. The summed E-state index contributed by atoms with van der Waals surface area (Å²) in [6.45, 7) is 0.142. The van der Waals surface area contributed by atoms with E-state index < -0.39 is 21.9 Å². The first kappa shape index (κ1) is 24.9. The number of nitrogens with one attached hydrogen (secondary N) is 3. The molecule has 0 saturated heterocycles. The van der Waals surface area contributed by atoms with Crippen LogP contribution in [0.15, 0.2) is 59.5 Å². The predicted molar refractivity (Wildman–Crippen MR) is 125 cm³/mol. The number of carbonyl (C=O) groups is 2. The zero-order valence-electron chi connectivity index (χ0n) is 18.2. The molecule has 0 atom stereocenters. The summed E-state index contributed by atoms with van der Waals surface area (Å²) in [6.07, 6.45) is 1.84. The summed E-state index contributed by atoms with van der Waals surface area (Å²) in [5, 5.41) is 20.2. The Morgan fingerprint density at radius 1 is 1.18 bits per heavy atom. The highest BCUT2D eigenvalue weighted by Gasteiger charge is 2.21. The molecular formula is C22H25N5O6S. The van der Waals surface area contributed by atoms with Gasteiger partial charge in [0, 0.05) is 24.2 Å². The summed E-state index contributed by atoms with van der Waals surface area (Å²) in [5.74, 6) is -1.46. The maximum Gasteiger partial charge on any atom is 0.303 e. The Labute approximate surface area is 196 Å². The van der Waals surface area contributed by atoms with E-state index in [4.69, 9.17) is 21.1 Å². The van der Waals surface area contributed by atoms with Gasteiger partial charge in [-0.3, -0.25) is 19.8 Å². The van der Waals surface area contributed by atoms with Gasteiger partial charge in [-0.15, -0.1) is 0 Å². The van der Waals surface area contributed by atoms with Gasteiger partial charge in [0.2, 0.25) is 15.9 Å². The van der Waals surface area contributed by atoms with Gasteiger partial charge in [0.15, 0.2) is 0 Å². The van der Waals surface area contributed by atoms with Crippen LogP contribution < -0.4 is 15.8 Å². The van der Waals surface area contributed by atoms with E-state index in [0.29, 0.717) is 17.9 Å². The van der Waals surface area contributed by atoms with Crippen LogP contribution in [0.25, 0.3) is 5.70 Å². The van der Waals surface area contributed by atoms with Crippen molar-refractivity contribution in [2.75, 3.05) is 25.0 Å². The van der Waals surface area contributed by atoms with Gasteiger partial charge < -0.3 is 16.2 Å². The number of rotatable bonds is 11. The topological polar surface area (TPSA) is 175 Å². The SMILES string of the molecule is N=C(N)c1ccc(C2=CCON2CC(=O)Nc2cccc(S(=O)(=O)NCCCC(=O)O)c2)cc1. The van der Waals surface area contributed by atoms with E-state index in [2.05, 4.69) is 10.0 Å². The zero-order valence-corrected chi connectivity index (χ0v) is 19.0. The van der Waals surface area contributed by atoms with Crippen molar-refractivity contribution in [2.45, 2.75) is 17.7 Å². The number of amidine groups is 1. The Morgan fingerprint density at radius 3 is 2.59 bits per heavy atom. The molecule has 0 unspecified atom stereocenters. The van der Waals surface area contributed by atoms with E-state index in [0.717, 1.165) is 5.56 Å². The minimum absolute atomic E-state index is 0.0139. The number of benzene rings is 2. The lowest BCUT2D eigenvalue weighted by Crippen LogP contribution is -2.30. The number of hydrogen-bond donors (Lipinski definition) is 5. The van der Waals surface area contributed by atoms with Crippen molar-refractivity contribution in [2.24, 2.45) is 5.73 Å². The number of aliphatic carboxylic acids is 1. The van der Waals surface area contributed by atoms with Crippen molar-refractivity contribution >= 4 is 39.1 Å². The van der Waals surface area contributed by atoms with E-state index in [9.17, 15) is 18.0 Å². The van der Waals surface area contributed by atoms with Gasteiger partial charge in [-0.2, -0.15) is 0 Å². The molecule has 1 aliphatic heterocycles. The molecule has 3 rings (SSSR count). The van der Waals surface area contributed by atoms with Crippen LogP contribution in [-0.4, -0.2) is 56.0 Å². The van der Waals surface area contributed by atoms with Gasteiger partial charge in [0.1, 0.15) is 12.4 Å². The molecule has 0 saturated carbocycles. The number of carbonyl (C=O) groups excluding carboxylic acids is 1. The third-order valence-electron chi connectivity index (χ3n) is 4.84. The lowest BCUT2D eigenvalue weighted by Gasteiger charge is -2.20. The number of anilines is 1. The molecule has 0 bridgehead atoms. The minimum Gasteiger partial charge on any atom is -0.481 e. The fourth-order valence-electron chi connectivity index (χ4n) is 3.19. The lowest BCUT2D eigenvalue weighted by atomic mass is 10.1. The predicted octanol–water partition coefficient (Wildman–Crippen LogP) is 1.34. The van der Waals surface area contributed by atoms with Gasteiger partial charge in [0.05, 0.1) is 17.2 Å². The highest BCUT2D eigenvalue weighted by molar-refractivity contribution is 7.89. The Morgan fingerprint density at radius 2 is 1.91 bits per heavy atom. The first-order chi connectivity index (χ1) is 16.2. The molecule has 6 N–H and O–H groups in total. The average Bonchev–Trinajstić information content (AvgIpc) is 3.24. The minimum atomic E-state index is -3.86. The van der Waals surface area contributed by atoms with Crippen LogP contribution in [0.3, 0.4) is 0 Å². The van der Waals surface area contributed by atoms with Gasteiger partial charge in [-0.05, 0) is 36.3 Å². The molecule has 0 radical (unpaired) electrons. The number of nitrogens with two attached hydrogens (primary N) is 1. The summed E-state index contributed by atoms with van der Waals surface area (Å²) in [6, 6.07) is 12.7. The van der Waals surface area contributed by atoms with E-state index in [1.54, 1.807) is 30.3 Å². The number of sulfonamides is 1. The molecule has 1 heterocycles. The average molecular weight is 488 g/mol. The van der Waals surface area contributed by atoms with Crippen molar-refractivity contribution in [3.05, 3.63) is 65.7 Å². The van der Waals surface area contributed by atoms with Crippen molar-refractivity contribution < 1.29 is 28.0 Å². The molecule has 1 aliphatic rings. The monoisotopic (exact) mass is 487 g/mol. The fourth-order valence-corrected chi connectivity index (χ4v) is 4.31. The smallest absolute Gasteiger partial charge is 0.303 e. The standard InChI is InChI=1S/C22H25N5O6S/c23-22(24)16-8-6-15(7-9-16)19-10-12-33-27(19)14-20(28)26-17-3-1-4-18(13-17)34(31,32)25-11-2-5-21(29)30/h1,3-4,6-10,13,25H,2,5,11-12,14H2,(H3,23,24)(H,26,28)(H,29,30).